The number of carbonyl (C=O) groups excluding carboxylic acids is 1. The molecule has 5 heteroatoms. The van der Waals surface area contributed by atoms with E-state index in [4.69, 9.17) is 27.9 Å². The summed E-state index contributed by atoms with van der Waals surface area (Å²) in [6.45, 7) is 2.28. The molecule has 0 aliphatic heterocycles. The van der Waals surface area contributed by atoms with Crippen LogP contribution in [0.5, 0.6) is 0 Å². The van der Waals surface area contributed by atoms with Crippen molar-refractivity contribution in [3.05, 3.63) is 28.2 Å². The lowest BCUT2D eigenvalue weighted by atomic mass is 9.85. The normalized spacial score (nSPS) is 22.4. The number of nitrogens with one attached hydrogen (secondary N) is 1. The van der Waals surface area contributed by atoms with Crippen LogP contribution in [0.4, 0.5) is 5.69 Å². The summed E-state index contributed by atoms with van der Waals surface area (Å²) in [6, 6.07) is 5.65. The minimum absolute atomic E-state index is 0.00715. The van der Waals surface area contributed by atoms with Crippen molar-refractivity contribution in [2.45, 2.75) is 38.6 Å². The van der Waals surface area contributed by atoms with Crippen LogP contribution in [0.25, 0.3) is 0 Å². The molecule has 0 radical (unpaired) electrons. The van der Waals surface area contributed by atoms with Gasteiger partial charge in [-0.15, -0.1) is 0 Å². The first-order chi connectivity index (χ1) is 9.60. The first kappa shape index (κ1) is 15.5. The van der Waals surface area contributed by atoms with E-state index in [1.54, 1.807) is 12.1 Å². The minimum atomic E-state index is -0.0822. The quantitative estimate of drug-likeness (QED) is 0.830. The number of carbonyl (C=O) groups is 1. The molecule has 1 aliphatic carbocycles. The molecule has 2 unspecified atom stereocenters. The van der Waals surface area contributed by atoms with Crippen LogP contribution >= 0.6 is 23.2 Å². The maximum atomic E-state index is 11.8. The van der Waals surface area contributed by atoms with Crippen molar-refractivity contribution in [2.75, 3.05) is 11.9 Å². The van der Waals surface area contributed by atoms with Crippen molar-refractivity contribution in [3.63, 3.8) is 0 Å². The summed E-state index contributed by atoms with van der Waals surface area (Å²) in [5.74, 6) is -0.0894. The Morgan fingerprint density at radius 3 is 2.90 bits per heavy atom. The highest BCUT2D eigenvalue weighted by Gasteiger charge is 2.28. The third kappa shape index (κ3) is 4.03. The van der Waals surface area contributed by atoms with Crippen LogP contribution in [-0.4, -0.2) is 18.6 Å². The molecule has 20 heavy (non-hydrogen) atoms. The number of ether oxygens (including phenoxy) is 1. The number of esters is 1. The summed E-state index contributed by atoms with van der Waals surface area (Å²) in [7, 11) is 0. The lowest BCUT2D eigenvalue weighted by Gasteiger charge is -2.29. The van der Waals surface area contributed by atoms with E-state index in [0.717, 1.165) is 31.4 Å². The maximum Gasteiger partial charge on any atom is 0.308 e. The molecule has 3 nitrogen and oxygen atoms in total. The van der Waals surface area contributed by atoms with Crippen molar-refractivity contribution in [2.24, 2.45) is 5.92 Å². The Bertz CT molecular complexity index is 479. The molecule has 1 saturated carbocycles. The lowest BCUT2D eigenvalue weighted by Crippen LogP contribution is -2.32. The average molecular weight is 316 g/mol. The molecule has 1 aliphatic rings. The number of halogens is 2. The predicted octanol–water partition coefficient (Wildman–Crippen LogP) is 4.53. The Morgan fingerprint density at radius 2 is 2.20 bits per heavy atom. The van der Waals surface area contributed by atoms with Crippen LogP contribution in [0.2, 0.25) is 10.0 Å². The van der Waals surface area contributed by atoms with Gasteiger partial charge < -0.3 is 10.1 Å². The summed E-state index contributed by atoms with van der Waals surface area (Å²) in [5.41, 5.74) is 0.866. The Morgan fingerprint density at radius 1 is 1.40 bits per heavy atom. The Hall–Kier alpha value is -0.930. The van der Waals surface area contributed by atoms with E-state index >= 15 is 0 Å². The van der Waals surface area contributed by atoms with Crippen LogP contribution in [0.15, 0.2) is 18.2 Å². The van der Waals surface area contributed by atoms with E-state index in [2.05, 4.69) is 5.32 Å². The van der Waals surface area contributed by atoms with Crippen LogP contribution in [0, 0.1) is 5.92 Å². The fourth-order valence-electron chi connectivity index (χ4n) is 2.62. The third-order valence-corrected chi connectivity index (χ3v) is 4.13. The molecule has 1 N–H and O–H groups in total. The van der Waals surface area contributed by atoms with E-state index in [-0.39, 0.29) is 17.9 Å². The van der Waals surface area contributed by atoms with Gasteiger partial charge in [-0.25, -0.2) is 0 Å². The monoisotopic (exact) mass is 315 g/mol. The zero-order chi connectivity index (χ0) is 14.5. The number of hydrogen-bond donors (Lipinski definition) is 1. The highest BCUT2D eigenvalue weighted by Crippen LogP contribution is 2.31. The number of hydrogen-bond acceptors (Lipinski definition) is 3. The van der Waals surface area contributed by atoms with Crippen molar-refractivity contribution in [3.8, 4) is 0 Å². The van der Waals surface area contributed by atoms with Gasteiger partial charge in [0.2, 0.25) is 0 Å². The molecule has 1 aromatic carbocycles. The Kier molecular flexibility index (Phi) is 5.55. The van der Waals surface area contributed by atoms with E-state index in [0.29, 0.717) is 16.7 Å². The molecular formula is C15H19Cl2NO2. The van der Waals surface area contributed by atoms with Gasteiger partial charge in [-0.1, -0.05) is 29.6 Å². The second-order valence-electron chi connectivity index (χ2n) is 5.08. The van der Waals surface area contributed by atoms with Crippen LogP contribution in [0.1, 0.15) is 32.6 Å². The molecule has 1 aromatic rings. The van der Waals surface area contributed by atoms with Crippen molar-refractivity contribution < 1.29 is 9.53 Å². The largest absolute Gasteiger partial charge is 0.466 e. The highest BCUT2D eigenvalue weighted by molar-refractivity contribution is 6.36. The summed E-state index contributed by atoms with van der Waals surface area (Å²) in [5, 5.41) is 4.63. The van der Waals surface area contributed by atoms with Gasteiger partial charge in [0.25, 0.3) is 0 Å². The second-order valence-corrected chi connectivity index (χ2v) is 5.92. The summed E-state index contributed by atoms with van der Waals surface area (Å²) in [6.07, 6.45) is 3.75. The van der Waals surface area contributed by atoms with E-state index in [1.165, 1.54) is 0 Å². The molecule has 110 valence electrons. The Balaban J connectivity index is 1.97. The zero-order valence-electron chi connectivity index (χ0n) is 11.5. The predicted molar refractivity (Wildman–Crippen MR) is 82.5 cm³/mol. The van der Waals surface area contributed by atoms with Gasteiger partial charge in [-0.05, 0) is 44.4 Å². The SMILES string of the molecule is CCOC(=O)C1CCCC(Nc2ccc(Cl)cc2Cl)C1. The molecule has 0 amide bonds. The number of anilines is 1. The van der Waals surface area contributed by atoms with Gasteiger partial charge >= 0.3 is 5.97 Å². The summed E-state index contributed by atoms with van der Waals surface area (Å²) < 4.78 is 5.11. The molecule has 0 heterocycles. The number of rotatable bonds is 4. The zero-order valence-corrected chi connectivity index (χ0v) is 13.0. The molecule has 0 saturated heterocycles. The minimum Gasteiger partial charge on any atom is -0.466 e. The van der Waals surface area contributed by atoms with E-state index in [1.807, 2.05) is 13.0 Å². The Labute approximate surface area is 129 Å². The fraction of sp³-hybridized carbons (Fsp3) is 0.533. The highest BCUT2D eigenvalue weighted by atomic mass is 35.5. The van der Waals surface area contributed by atoms with Gasteiger partial charge in [0.15, 0.2) is 0 Å². The molecule has 1 fully saturated rings. The first-order valence-corrected chi connectivity index (χ1v) is 7.74. The van der Waals surface area contributed by atoms with Gasteiger partial charge in [-0.3, -0.25) is 4.79 Å². The maximum absolute atomic E-state index is 11.8. The van der Waals surface area contributed by atoms with E-state index in [9.17, 15) is 4.79 Å². The van der Waals surface area contributed by atoms with E-state index < -0.39 is 0 Å². The van der Waals surface area contributed by atoms with Crippen molar-refractivity contribution >= 4 is 34.9 Å². The lowest BCUT2D eigenvalue weighted by molar-refractivity contribution is -0.149. The smallest absolute Gasteiger partial charge is 0.308 e. The van der Waals surface area contributed by atoms with Gasteiger partial charge in [0.05, 0.1) is 23.2 Å². The summed E-state index contributed by atoms with van der Waals surface area (Å²) in [4.78, 5) is 11.8. The van der Waals surface area contributed by atoms with Gasteiger partial charge in [0, 0.05) is 11.1 Å². The average Bonchev–Trinajstić information content (AvgIpc) is 2.43. The second kappa shape index (κ2) is 7.19. The molecular weight excluding hydrogens is 297 g/mol. The standard InChI is InChI=1S/C15H19Cl2NO2/c1-2-20-15(19)10-4-3-5-12(8-10)18-14-7-6-11(16)9-13(14)17/h6-7,9-10,12,18H,2-5,8H2,1H3. The topological polar surface area (TPSA) is 38.3 Å². The molecule has 0 bridgehead atoms. The third-order valence-electron chi connectivity index (χ3n) is 3.58. The molecule has 2 atom stereocenters. The fourth-order valence-corrected chi connectivity index (χ4v) is 3.08. The molecule has 0 aromatic heterocycles. The molecule has 0 spiro atoms. The number of benzene rings is 1. The van der Waals surface area contributed by atoms with Crippen LogP contribution < -0.4 is 5.32 Å². The first-order valence-electron chi connectivity index (χ1n) is 6.98. The summed E-state index contributed by atoms with van der Waals surface area (Å²) >= 11 is 12.0. The van der Waals surface area contributed by atoms with Crippen molar-refractivity contribution in [1.29, 1.82) is 0 Å². The van der Waals surface area contributed by atoms with Crippen LogP contribution in [-0.2, 0) is 9.53 Å². The van der Waals surface area contributed by atoms with Gasteiger partial charge in [0.1, 0.15) is 0 Å². The molecule has 2 rings (SSSR count). The van der Waals surface area contributed by atoms with Crippen LogP contribution in [0.3, 0.4) is 0 Å². The van der Waals surface area contributed by atoms with Crippen molar-refractivity contribution in [1.82, 2.24) is 0 Å². The van der Waals surface area contributed by atoms with Gasteiger partial charge in [-0.2, -0.15) is 0 Å².